The van der Waals surface area contributed by atoms with Crippen molar-refractivity contribution in [1.82, 2.24) is 19.6 Å². The van der Waals surface area contributed by atoms with E-state index in [0.29, 0.717) is 6.54 Å². The summed E-state index contributed by atoms with van der Waals surface area (Å²) in [6.07, 6.45) is 1.37. The van der Waals surface area contributed by atoms with Crippen LogP contribution in [0, 0.1) is 0 Å². The Kier molecular flexibility index (Phi) is 3.98. The molecule has 5 rings (SSSR count). The Morgan fingerprint density at radius 1 is 1.00 bits per heavy atom. The molecule has 28 heavy (non-hydrogen) atoms. The fraction of sp³-hybridized carbons (Fsp3) is 0.182. The topological polar surface area (TPSA) is 58.0 Å². The van der Waals surface area contributed by atoms with Gasteiger partial charge in [-0.3, -0.25) is 0 Å². The Labute approximate surface area is 161 Å². The molecule has 3 heterocycles. The van der Waals surface area contributed by atoms with Crippen molar-refractivity contribution in [3.8, 4) is 0 Å². The molecule has 2 aromatic carbocycles. The molecule has 5 aromatic rings. The van der Waals surface area contributed by atoms with Crippen molar-refractivity contribution in [3.05, 3.63) is 83.9 Å². The predicted molar refractivity (Wildman–Crippen MR) is 107 cm³/mol. The van der Waals surface area contributed by atoms with E-state index in [4.69, 9.17) is 9.15 Å². The van der Waals surface area contributed by atoms with Gasteiger partial charge in [-0.25, -0.2) is 4.68 Å². The first-order valence-electron chi connectivity index (χ1n) is 9.18. The van der Waals surface area contributed by atoms with Crippen LogP contribution in [0.3, 0.4) is 0 Å². The number of ether oxygens (including phenoxy) is 1. The maximum Gasteiger partial charge on any atom is 0.155 e. The van der Waals surface area contributed by atoms with E-state index in [1.165, 1.54) is 5.39 Å². The van der Waals surface area contributed by atoms with Crippen LogP contribution in [0.2, 0.25) is 0 Å². The molecule has 1 unspecified atom stereocenters. The lowest BCUT2D eigenvalue weighted by Gasteiger charge is -2.17. The number of methoxy groups -OCH3 is 1. The first-order valence-corrected chi connectivity index (χ1v) is 9.18. The molecule has 0 radical (unpaired) electrons. The van der Waals surface area contributed by atoms with Crippen molar-refractivity contribution >= 4 is 21.9 Å². The number of hydrogen-bond acceptors (Lipinski definition) is 4. The average molecular weight is 372 g/mol. The van der Waals surface area contributed by atoms with Gasteiger partial charge in [0, 0.05) is 30.6 Å². The molecule has 0 amide bonds. The van der Waals surface area contributed by atoms with E-state index < -0.39 is 0 Å². The third-order valence-corrected chi connectivity index (χ3v) is 5.27. The van der Waals surface area contributed by atoms with Gasteiger partial charge < -0.3 is 13.7 Å². The van der Waals surface area contributed by atoms with Gasteiger partial charge in [0.1, 0.15) is 11.3 Å². The highest BCUT2D eigenvalue weighted by atomic mass is 16.5. The molecular formula is C22H20N4O2. The van der Waals surface area contributed by atoms with Crippen LogP contribution < -0.4 is 0 Å². The van der Waals surface area contributed by atoms with Crippen LogP contribution >= 0.6 is 0 Å². The monoisotopic (exact) mass is 372 g/mol. The van der Waals surface area contributed by atoms with E-state index in [0.717, 1.165) is 33.6 Å². The maximum atomic E-state index is 5.88. The highest BCUT2D eigenvalue weighted by Gasteiger charge is 2.26. The molecule has 0 spiro atoms. The number of benzene rings is 2. The molecule has 6 nitrogen and oxygen atoms in total. The van der Waals surface area contributed by atoms with Gasteiger partial charge in [-0.2, -0.15) is 0 Å². The number of para-hydroxylation sites is 2. The smallest absolute Gasteiger partial charge is 0.155 e. The van der Waals surface area contributed by atoms with Crippen molar-refractivity contribution in [2.75, 3.05) is 7.11 Å². The van der Waals surface area contributed by atoms with E-state index in [9.17, 15) is 0 Å². The minimum Gasteiger partial charge on any atom is -0.466 e. The minimum absolute atomic E-state index is 0.308. The zero-order valence-electron chi connectivity index (χ0n) is 15.7. The zero-order valence-corrected chi connectivity index (χ0v) is 15.7. The molecule has 140 valence electrons. The molecule has 3 aromatic heterocycles. The van der Waals surface area contributed by atoms with E-state index in [-0.39, 0.29) is 6.10 Å². The largest absolute Gasteiger partial charge is 0.466 e. The lowest BCUT2D eigenvalue weighted by atomic mass is 10.1. The Morgan fingerprint density at radius 3 is 2.57 bits per heavy atom. The summed E-state index contributed by atoms with van der Waals surface area (Å²) in [5.74, 6) is 0.776. The number of aromatic nitrogens is 4. The lowest BCUT2D eigenvalue weighted by molar-refractivity contribution is 0.110. The lowest BCUT2D eigenvalue weighted by Crippen LogP contribution is -2.12. The first kappa shape index (κ1) is 16.8. The van der Waals surface area contributed by atoms with Crippen molar-refractivity contribution in [2.24, 2.45) is 7.05 Å². The normalized spacial score (nSPS) is 12.8. The van der Waals surface area contributed by atoms with Gasteiger partial charge in [-0.15, -0.1) is 5.10 Å². The van der Waals surface area contributed by atoms with E-state index in [1.807, 2.05) is 41.1 Å². The van der Waals surface area contributed by atoms with Crippen LogP contribution in [-0.4, -0.2) is 26.7 Å². The Balaban J connectivity index is 1.73. The fourth-order valence-electron chi connectivity index (χ4n) is 3.98. The SMILES string of the molecule is COC(c1ccco1)c1c(Cn2nnc3ccccc32)c2ccccc2n1C. The average Bonchev–Trinajstić information content (AvgIpc) is 3.45. The summed E-state index contributed by atoms with van der Waals surface area (Å²) in [6.45, 7) is 0.595. The third kappa shape index (κ3) is 2.53. The molecular weight excluding hydrogens is 352 g/mol. The van der Waals surface area contributed by atoms with Crippen LogP contribution in [-0.2, 0) is 18.3 Å². The molecule has 0 aliphatic heterocycles. The summed E-state index contributed by atoms with van der Waals surface area (Å²) in [6, 6.07) is 20.2. The summed E-state index contributed by atoms with van der Waals surface area (Å²) >= 11 is 0. The van der Waals surface area contributed by atoms with Crippen LogP contribution in [0.15, 0.2) is 71.3 Å². The van der Waals surface area contributed by atoms with Crippen molar-refractivity contribution in [2.45, 2.75) is 12.6 Å². The number of aryl methyl sites for hydroxylation is 1. The van der Waals surface area contributed by atoms with Gasteiger partial charge in [0.2, 0.25) is 0 Å². The molecule has 0 fully saturated rings. The van der Waals surface area contributed by atoms with Gasteiger partial charge in [-0.1, -0.05) is 35.5 Å². The van der Waals surface area contributed by atoms with E-state index >= 15 is 0 Å². The van der Waals surface area contributed by atoms with Gasteiger partial charge in [0.05, 0.1) is 24.0 Å². The molecule has 6 heteroatoms. The molecule has 0 saturated heterocycles. The summed E-state index contributed by atoms with van der Waals surface area (Å²) in [5, 5.41) is 9.87. The number of hydrogen-bond donors (Lipinski definition) is 0. The standard InChI is InChI=1S/C22H20N4O2/c1-25-18-10-5-3-8-15(18)16(21(25)22(27-2)20-12-7-13-28-20)14-26-19-11-6-4-9-17(19)23-24-26/h3-13,22H,14H2,1-2H3. The summed E-state index contributed by atoms with van der Waals surface area (Å²) < 4.78 is 15.7. The second-order valence-electron chi connectivity index (χ2n) is 6.81. The van der Waals surface area contributed by atoms with Gasteiger partial charge in [0.25, 0.3) is 0 Å². The molecule has 0 aliphatic rings. The summed E-state index contributed by atoms with van der Waals surface area (Å²) in [4.78, 5) is 0. The summed E-state index contributed by atoms with van der Waals surface area (Å²) in [7, 11) is 3.77. The molecule has 0 N–H and O–H groups in total. The second-order valence-corrected chi connectivity index (χ2v) is 6.81. The Bertz CT molecular complexity index is 1250. The minimum atomic E-state index is -0.308. The van der Waals surface area contributed by atoms with E-state index in [1.54, 1.807) is 13.4 Å². The highest BCUT2D eigenvalue weighted by molar-refractivity contribution is 5.86. The Hall–Kier alpha value is -3.38. The molecule has 0 saturated carbocycles. The predicted octanol–water partition coefficient (Wildman–Crippen LogP) is 4.30. The number of fused-ring (bicyclic) bond motifs is 2. The molecule has 0 bridgehead atoms. The van der Waals surface area contributed by atoms with Gasteiger partial charge in [-0.05, 0) is 30.3 Å². The van der Waals surface area contributed by atoms with Crippen molar-refractivity contribution in [3.63, 3.8) is 0 Å². The summed E-state index contributed by atoms with van der Waals surface area (Å²) in [5.41, 5.74) is 5.24. The fourth-order valence-corrected chi connectivity index (χ4v) is 3.98. The third-order valence-electron chi connectivity index (χ3n) is 5.27. The van der Waals surface area contributed by atoms with Crippen LogP contribution in [0.5, 0.6) is 0 Å². The quantitative estimate of drug-likeness (QED) is 0.462. The molecule has 1 atom stereocenters. The van der Waals surface area contributed by atoms with E-state index in [2.05, 4.69) is 46.2 Å². The number of rotatable bonds is 5. The van der Waals surface area contributed by atoms with Crippen molar-refractivity contribution in [1.29, 1.82) is 0 Å². The van der Waals surface area contributed by atoms with Crippen LogP contribution in [0.25, 0.3) is 21.9 Å². The van der Waals surface area contributed by atoms with Crippen LogP contribution in [0.1, 0.15) is 23.1 Å². The Morgan fingerprint density at radius 2 is 1.79 bits per heavy atom. The highest BCUT2D eigenvalue weighted by Crippen LogP contribution is 2.35. The maximum absolute atomic E-state index is 5.88. The van der Waals surface area contributed by atoms with Gasteiger partial charge >= 0.3 is 0 Å². The second kappa shape index (κ2) is 6.65. The molecule has 0 aliphatic carbocycles. The number of furan rings is 1. The zero-order chi connectivity index (χ0) is 19.1. The first-order chi connectivity index (χ1) is 13.8. The van der Waals surface area contributed by atoms with Crippen LogP contribution in [0.4, 0.5) is 0 Å². The van der Waals surface area contributed by atoms with Gasteiger partial charge in [0.15, 0.2) is 6.10 Å². The number of nitrogens with zero attached hydrogens (tertiary/aromatic N) is 4. The van der Waals surface area contributed by atoms with Crippen molar-refractivity contribution < 1.29 is 9.15 Å².